The highest BCUT2D eigenvalue weighted by molar-refractivity contribution is 7.11. The van der Waals surface area contributed by atoms with Gasteiger partial charge in [0, 0.05) is 28.4 Å². The smallest absolute Gasteiger partial charge is 0.0328 e. The van der Waals surface area contributed by atoms with E-state index in [-0.39, 0.29) is 5.54 Å². The molecule has 1 aliphatic rings. The second-order valence-electron chi connectivity index (χ2n) is 6.93. The Kier molecular flexibility index (Phi) is 5.04. The molecule has 2 nitrogen and oxygen atoms in total. The van der Waals surface area contributed by atoms with E-state index in [1.165, 1.54) is 35.7 Å². The third-order valence-electron chi connectivity index (χ3n) is 3.77. The summed E-state index contributed by atoms with van der Waals surface area (Å²) in [6.07, 6.45) is 2.73. The van der Waals surface area contributed by atoms with E-state index in [1.54, 1.807) is 0 Å². The van der Waals surface area contributed by atoms with Gasteiger partial charge in [-0.25, -0.2) is 0 Å². The van der Waals surface area contributed by atoms with E-state index in [1.807, 2.05) is 11.3 Å². The molecule has 0 aromatic carbocycles. The van der Waals surface area contributed by atoms with E-state index in [2.05, 4.69) is 50.0 Å². The fourth-order valence-electron chi connectivity index (χ4n) is 2.40. The van der Waals surface area contributed by atoms with Crippen molar-refractivity contribution in [3.8, 4) is 0 Å². The zero-order valence-corrected chi connectivity index (χ0v) is 13.6. The Morgan fingerprint density at radius 1 is 1.21 bits per heavy atom. The van der Waals surface area contributed by atoms with Crippen LogP contribution >= 0.6 is 11.3 Å². The van der Waals surface area contributed by atoms with Gasteiger partial charge in [-0.05, 0) is 64.8 Å². The van der Waals surface area contributed by atoms with E-state index < -0.39 is 0 Å². The summed E-state index contributed by atoms with van der Waals surface area (Å²) in [5, 5.41) is 3.56. The molecule has 0 unspecified atom stereocenters. The zero-order chi connectivity index (χ0) is 13.9. The van der Waals surface area contributed by atoms with Crippen molar-refractivity contribution < 1.29 is 0 Å². The highest BCUT2D eigenvalue weighted by atomic mass is 32.1. The van der Waals surface area contributed by atoms with Crippen LogP contribution in [0.5, 0.6) is 0 Å². The van der Waals surface area contributed by atoms with Crippen LogP contribution in [0, 0.1) is 5.92 Å². The van der Waals surface area contributed by atoms with Crippen LogP contribution < -0.4 is 5.32 Å². The Morgan fingerprint density at radius 3 is 2.47 bits per heavy atom. The largest absolute Gasteiger partial charge is 0.307 e. The second kappa shape index (κ2) is 6.38. The highest BCUT2D eigenvalue weighted by Gasteiger charge is 2.16. The molecule has 1 aromatic heterocycles. The van der Waals surface area contributed by atoms with Crippen molar-refractivity contribution in [1.29, 1.82) is 0 Å². The van der Waals surface area contributed by atoms with E-state index >= 15 is 0 Å². The predicted molar refractivity (Wildman–Crippen MR) is 84.6 cm³/mol. The number of piperidine rings is 1. The number of likely N-dealkylation sites (tertiary alicyclic amines) is 1. The van der Waals surface area contributed by atoms with Crippen LogP contribution in [0.4, 0.5) is 0 Å². The van der Waals surface area contributed by atoms with Gasteiger partial charge in [-0.1, -0.05) is 6.92 Å². The van der Waals surface area contributed by atoms with Crippen LogP contribution in [0.3, 0.4) is 0 Å². The average Bonchev–Trinajstić information content (AvgIpc) is 2.77. The van der Waals surface area contributed by atoms with Crippen LogP contribution in [0.15, 0.2) is 12.1 Å². The maximum absolute atomic E-state index is 3.56. The number of hydrogen-bond acceptors (Lipinski definition) is 3. The number of nitrogens with zero attached hydrogens (tertiary/aromatic N) is 1. The van der Waals surface area contributed by atoms with Gasteiger partial charge in [0.2, 0.25) is 0 Å². The van der Waals surface area contributed by atoms with Gasteiger partial charge in [0.15, 0.2) is 0 Å². The molecule has 0 radical (unpaired) electrons. The van der Waals surface area contributed by atoms with Crippen molar-refractivity contribution in [3.05, 3.63) is 21.9 Å². The fourth-order valence-corrected chi connectivity index (χ4v) is 3.40. The molecule has 2 rings (SSSR count). The molecule has 1 fully saturated rings. The molecular formula is C16H28N2S. The summed E-state index contributed by atoms with van der Waals surface area (Å²) in [5.74, 6) is 0.922. The fraction of sp³-hybridized carbons (Fsp3) is 0.750. The van der Waals surface area contributed by atoms with Crippen molar-refractivity contribution in [2.45, 2.75) is 59.2 Å². The lowest BCUT2D eigenvalue weighted by Gasteiger charge is -2.29. The summed E-state index contributed by atoms with van der Waals surface area (Å²) in [6.45, 7) is 13.7. The molecule has 1 N–H and O–H groups in total. The van der Waals surface area contributed by atoms with Crippen molar-refractivity contribution in [2.24, 2.45) is 5.92 Å². The van der Waals surface area contributed by atoms with Gasteiger partial charge >= 0.3 is 0 Å². The molecule has 2 heterocycles. The average molecular weight is 280 g/mol. The Bertz CT molecular complexity index is 384. The Balaban J connectivity index is 1.80. The van der Waals surface area contributed by atoms with Gasteiger partial charge in [-0.2, -0.15) is 0 Å². The van der Waals surface area contributed by atoms with Crippen LogP contribution in [-0.4, -0.2) is 23.5 Å². The third-order valence-corrected chi connectivity index (χ3v) is 4.84. The summed E-state index contributed by atoms with van der Waals surface area (Å²) < 4.78 is 0. The monoisotopic (exact) mass is 280 g/mol. The minimum atomic E-state index is 0.202. The van der Waals surface area contributed by atoms with Crippen LogP contribution in [0.1, 0.15) is 50.3 Å². The van der Waals surface area contributed by atoms with Gasteiger partial charge in [0.1, 0.15) is 0 Å². The van der Waals surface area contributed by atoms with Crippen molar-refractivity contribution >= 4 is 11.3 Å². The lowest BCUT2D eigenvalue weighted by atomic mass is 9.99. The van der Waals surface area contributed by atoms with E-state index in [0.717, 1.165) is 19.0 Å². The van der Waals surface area contributed by atoms with Crippen LogP contribution in [0.2, 0.25) is 0 Å². The summed E-state index contributed by atoms with van der Waals surface area (Å²) in [5.41, 5.74) is 0.202. The number of nitrogens with one attached hydrogen (secondary N) is 1. The Hall–Kier alpha value is -0.380. The maximum atomic E-state index is 3.56. The molecule has 0 aliphatic carbocycles. The summed E-state index contributed by atoms with van der Waals surface area (Å²) in [4.78, 5) is 5.57. The molecule has 1 saturated heterocycles. The maximum Gasteiger partial charge on any atom is 0.0328 e. The molecule has 0 atom stereocenters. The van der Waals surface area contributed by atoms with Crippen LogP contribution in [0.25, 0.3) is 0 Å². The predicted octanol–water partition coefficient (Wildman–Crippen LogP) is 3.87. The van der Waals surface area contributed by atoms with E-state index in [0.29, 0.717) is 0 Å². The molecule has 0 amide bonds. The van der Waals surface area contributed by atoms with Crippen molar-refractivity contribution in [3.63, 3.8) is 0 Å². The van der Waals surface area contributed by atoms with Gasteiger partial charge in [-0.15, -0.1) is 11.3 Å². The third kappa shape index (κ3) is 5.25. The standard InChI is InChI=1S/C16H28N2S/c1-13-7-9-18(10-8-13)12-15-6-5-14(19-15)11-17-16(2,3)4/h5-6,13,17H,7-12H2,1-4H3. The van der Waals surface area contributed by atoms with Crippen LogP contribution in [-0.2, 0) is 13.1 Å². The first-order valence-corrected chi connectivity index (χ1v) is 8.29. The summed E-state index contributed by atoms with van der Waals surface area (Å²) in [6, 6.07) is 4.59. The first kappa shape index (κ1) is 15.0. The zero-order valence-electron chi connectivity index (χ0n) is 12.8. The number of rotatable bonds is 4. The van der Waals surface area contributed by atoms with Gasteiger partial charge < -0.3 is 5.32 Å². The van der Waals surface area contributed by atoms with Crippen molar-refractivity contribution in [1.82, 2.24) is 10.2 Å². The molecule has 1 aliphatic heterocycles. The minimum Gasteiger partial charge on any atom is -0.307 e. The summed E-state index contributed by atoms with van der Waals surface area (Å²) >= 11 is 1.96. The Morgan fingerprint density at radius 2 is 1.84 bits per heavy atom. The first-order valence-electron chi connectivity index (χ1n) is 7.47. The lowest BCUT2D eigenvalue weighted by molar-refractivity contribution is 0.186. The van der Waals surface area contributed by atoms with Gasteiger partial charge in [0.25, 0.3) is 0 Å². The lowest BCUT2D eigenvalue weighted by Crippen LogP contribution is -2.34. The van der Waals surface area contributed by atoms with E-state index in [9.17, 15) is 0 Å². The van der Waals surface area contributed by atoms with E-state index in [4.69, 9.17) is 0 Å². The molecule has 1 aromatic rings. The second-order valence-corrected chi connectivity index (χ2v) is 8.18. The minimum absolute atomic E-state index is 0.202. The number of thiophene rings is 1. The summed E-state index contributed by atoms with van der Waals surface area (Å²) in [7, 11) is 0. The quantitative estimate of drug-likeness (QED) is 0.900. The SMILES string of the molecule is CC1CCN(Cc2ccc(CNC(C)(C)C)s2)CC1. The topological polar surface area (TPSA) is 15.3 Å². The molecule has 0 bridgehead atoms. The first-order chi connectivity index (χ1) is 8.92. The highest BCUT2D eigenvalue weighted by Crippen LogP contribution is 2.22. The molecular weight excluding hydrogens is 252 g/mol. The van der Waals surface area contributed by atoms with Gasteiger partial charge in [-0.3, -0.25) is 4.90 Å². The molecule has 108 valence electrons. The number of hydrogen-bond donors (Lipinski definition) is 1. The molecule has 0 spiro atoms. The molecule has 0 saturated carbocycles. The Labute approximate surface area is 122 Å². The van der Waals surface area contributed by atoms with Crippen molar-refractivity contribution in [2.75, 3.05) is 13.1 Å². The normalized spacial score (nSPS) is 18.9. The van der Waals surface area contributed by atoms with Gasteiger partial charge in [0.05, 0.1) is 0 Å². The molecule has 19 heavy (non-hydrogen) atoms. The molecule has 3 heteroatoms.